The Morgan fingerprint density at radius 1 is 1.35 bits per heavy atom. The van der Waals surface area contributed by atoms with E-state index in [4.69, 9.17) is 10.2 Å². The van der Waals surface area contributed by atoms with Gasteiger partial charge in [-0.2, -0.15) is 0 Å². The Labute approximate surface area is 103 Å². The molecule has 0 atom stereocenters. The largest absolute Gasteiger partial charge is 0.396 e. The lowest BCUT2D eigenvalue weighted by Gasteiger charge is -2.29. The predicted octanol–water partition coefficient (Wildman–Crippen LogP) is 1.48. The standard InChI is InChI=1S/C13H22N2O2/c1-10(2)15(5-4-6-16)13-11(3)7-12(9-17)8-14-13/h7-8,10,16-17H,4-6,9H2,1-3H3. The van der Waals surface area contributed by atoms with Crippen LogP contribution in [0.4, 0.5) is 5.82 Å². The molecule has 0 aromatic carbocycles. The van der Waals surface area contributed by atoms with Crippen LogP contribution in [0.15, 0.2) is 12.3 Å². The van der Waals surface area contributed by atoms with E-state index in [0.717, 1.165) is 29.9 Å². The van der Waals surface area contributed by atoms with Gasteiger partial charge in [0.2, 0.25) is 0 Å². The number of pyridine rings is 1. The second-order valence-electron chi connectivity index (χ2n) is 4.51. The van der Waals surface area contributed by atoms with Gasteiger partial charge in [0.05, 0.1) is 6.61 Å². The molecule has 0 radical (unpaired) electrons. The minimum Gasteiger partial charge on any atom is -0.396 e. The van der Waals surface area contributed by atoms with Crippen molar-refractivity contribution in [1.29, 1.82) is 0 Å². The highest BCUT2D eigenvalue weighted by molar-refractivity contribution is 5.48. The first-order chi connectivity index (χ1) is 8.10. The predicted molar refractivity (Wildman–Crippen MR) is 69.1 cm³/mol. The molecule has 0 aliphatic carbocycles. The summed E-state index contributed by atoms with van der Waals surface area (Å²) >= 11 is 0. The number of aryl methyl sites for hydroxylation is 1. The molecule has 0 aliphatic rings. The van der Waals surface area contributed by atoms with Crippen LogP contribution >= 0.6 is 0 Å². The van der Waals surface area contributed by atoms with Gasteiger partial charge in [-0.25, -0.2) is 4.98 Å². The minimum absolute atomic E-state index is 0.0203. The maximum atomic E-state index is 9.06. The second kappa shape index (κ2) is 6.57. The third-order valence-electron chi connectivity index (χ3n) is 2.74. The van der Waals surface area contributed by atoms with Gasteiger partial charge in [0.25, 0.3) is 0 Å². The van der Waals surface area contributed by atoms with Crippen molar-refractivity contribution in [3.63, 3.8) is 0 Å². The minimum atomic E-state index is 0.0203. The summed E-state index contributed by atoms with van der Waals surface area (Å²) in [5.74, 6) is 0.936. The van der Waals surface area contributed by atoms with Crippen molar-refractivity contribution in [2.24, 2.45) is 0 Å². The van der Waals surface area contributed by atoms with E-state index < -0.39 is 0 Å². The van der Waals surface area contributed by atoms with Crippen LogP contribution in [0.25, 0.3) is 0 Å². The van der Waals surface area contributed by atoms with Crippen LogP contribution in [-0.4, -0.2) is 34.4 Å². The molecular formula is C13H22N2O2. The fourth-order valence-electron chi connectivity index (χ4n) is 1.86. The molecule has 96 valence electrons. The number of anilines is 1. The topological polar surface area (TPSA) is 56.6 Å². The van der Waals surface area contributed by atoms with Crippen molar-refractivity contribution < 1.29 is 10.2 Å². The lowest BCUT2D eigenvalue weighted by atomic mass is 10.1. The Morgan fingerprint density at radius 2 is 2.06 bits per heavy atom. The summed E-state index contributed by atoms with van der Waals surface area (Å²) in [6.45, 7) is 7.22. The van der Waals surface area contributed by atoms with Crippen molar-refractivity contribution in [3.05, 3.63) is 23.4 Å². The van der Waals surface area contributed by atoms with Crippen LogP contribution in [0.2, 0.25) is 0 Å². The molecule has 1 rings (SSSR count). The average molecular weight is 238 g/mol. The fraction of sp³-hybridized carbons (Fsp3) is 0.615. The molecule has 0 fully saturated rings. The summed E-state index contributed by atoms with van der Waals surface area (Å²) in [5.41, 5.74) is 1.89. The fourth-order valence-corrected chi connectivity index (χ4v) is 1.86. The molecule has 4 heteroatoms. The van der Waals surface area contributed by atoms with Crippen LogP contribution in [0.5, 0.6) is 0 Å². The monoisotopic (exact) mass is 238 g/mol. The molecule has 0 spiro atoms. The van der Waals surface area contributed by atoms with Gasteiger partial charge in [-0.05, 0) is 44.4 Å². The Morgan fingerprint density at radius 3 is 2.53 bits per heavy atom. The smallest absolute Gasteiger partial charge is 0.131 e. The first kappa shape index (κ1) is 13.9. The van der Waals surface area contributed by atoms with Gasteiger partial charge in [-0.3, -0.25) is 0 Å². The average Bonchev–Trinajstić information content (AvgIpc) is 2.30. The number of hydrogen-bond acceptors (Lipinski definition) is 4. The highest BCUT2D eigenvalue weighted by Gasteiger charge is 2.14. The molecule has 1 aromatic heterocycles. The molecule has 0 saturated heterocycles. The SMILES string of the molecule is Cc1cc(CO)cnc1N(CCCO)C(C)C. The lowest BCUT2D eigenvalue weighted by Crippen LogP contribution is -2.33. The Bertz CT molecular complexity index is 353. The summed E-state index contributed by atoms with van der Waals surface area (Å²) in [5, 5.41) is 18.0. The Balaban J connectivity index is 2.93. The molecule has 1 aromatic rings. The maximum absolute atomic E-state index is 9.06. The quantitative estimate of drug-likeness (QED) is 0.788. The van der Waals surface area contributed by atoms with E-state index in [1.165, 1.54) is 0 Å². The summed E-state index contributed by atoms with van der Waals surface area (Å²) in [6, 6.07) is 2.30. The van der Waals surface area contributed by atoms with Gasteiger partial charge in [-0.15, -0.1) is 0 Å². The Kier molecular flexibility index (Phi) is 5.38. The number of aromatic nitrogens is 1. The molecule has 1 heterocycles. The van der Waals surface area contributed by atoms with Gasteiger partial charge in [0, 0.05) is 25.4 Å². The summed E-state index contributed by atoms with van der Waals surface area (Å²) < 4.78 is 0. The van der Waals surface area contributed by atoms with Crippen LogP contribution in [0.3, 0.4) is 0 Å². The molecule has 0 aliphatic heterocycles. The van der Waals surface area contributed by atoms with Crippen molar-refractivity contribution in [2.75, 3.05) is 18.1 Å². The molecule has 0 bridgehead atoms. The number of hydrogen-bond donors (Lipinski definition) is 2. The number of aliphatic hydroxyl groups excluding tert-OH is 2. The van der Waals surface area contributed by atoms with Gasteiger partial charge in [0.1, 0.15) is 5.82 Å². The van der Waals surface area contributed by atoms with E-state index in [1.807, 2.05) is 13.0 Å². The maximum Gasteiger partial charge on any atom is 0.131 e. The highest BCUT2D eigenvalue weighted by atomic mass is 16.3. The van der Waals surface area contributed by atoms with Crippen molar-refractivity contribution in [1.82, 2.24) is 4.98 Å². The summed E-state index contributed by atoms with van der Waals surface area (Å²) in [6.07, 6.45) is 2.44. The number of aliphatic hydroxyl groups is 2. The second-order valence-corrected chi connectivity index (χ2v) is 4.51. The van der Waals surface area contributed by atoms with Crippen molar-refractivity contribution in [3.8, 4) is 0 Å². The number of nitrogens with zero attached hydrogens (tertiary/aromatic N) is 2. The van der Waals surface area contributed by atoms with E-state index in [2.05, 4.69) is 23.7 Å². The van der Waals surface area contributed by atoms with Gasteiger partial charge >= 0.3 is 0 Å². The molecule has 0 saturated carbocycles. The summed E-state index contributed by atoms with van der Waals surface area (Å²) in [4.78, 5) is 6.58. The highest BCUT2D eigenvalue weighted by Crippen LogP contribution is 2.20. The third kappa shape index (κ3) is 3.68. The van der Waals surface area contributed by atoms with Crippen LogP contribution in [-0.2, 0) is 6.61 Å². The normalized spacial score (nSPS) is 10.9. The summed E-state index contributed by atoms with van der Waals surface area (Å²) in [7, 11) is 0. The molecule has 0 amide bonds. The number of rotatable bonds is 6. The van der Waals surface area contributed by atoms with Crippen LogP contribution < -0.4 is 4.90 Å². The van der Waals surface area contributed by atoms with Crippen LogP contribution in [0, 0.1) is 6.92 Å². The first-order valence-corrected chi connectivity index (χ1v) is 6.04. The molecular weight excluding hydrogens is 216 g/mol. The molecule has 2 N–H and O–H groups in total. The van der Waals surface area contributed by atoms with Gasteiger partial charge < -0.3 is 15.1 Å². The van der Waals surface area contributed by atoms with Crippen molar-refractivity contribution in [2.45, 2.75) is 39.8 Å². The third-order valence-corrected chi connectivity index (χ3v) is 2.74. The van der Waals surface area contributed by atoms with E-state index >= 15 is 0 Å². The lowest BCUT2D eigenvalue weighted by molar-refractivity contribution is 0.281. The molecule has 4 nitrogen and oxygen atoms in total. The van der Waals surface area contributed by atoms with E-state index in [0.29, 0.717) is 6.04 Å². The van der Waals surface area contributed by atoms with Gasteiger partial charge in [0.15, 0.2) is 0 Å². The zero-order chi connectivity index (χ0) is 12.8. The van der Waals surface area contributed by atoms with Crippen LogP contribution in [0.1, 0.15) is 31.4 Å². The first-order valence-electron chi connectivity index (χ1n) is 6.04. The van der Waals surface area contributed by atoms with Crippen molar-refractivity contribution >= 4 is 5.82 Å². The van der Waals surface area contributed by atoms with E-state index in [-0.39, 0.29) is 13.2 Å². The van der Waals surface area contributed by atoms with Gasteiger partial charge in [-0.1, -0.05) is 0 Å². The molecule has 0 unspecified atom stereocenters. The zero-order valence-electron chi connectivity index (χ0n) is 10.8. The van der Waals surface area contributed by atoms with E-state index in [1.54, 1.807) is 6.20 Å². The Hall–Kier alpha value is -1.13. The van der Waals surface area contributed by atoms with E-state index in [9.17, 15) is 0 Å². The zero-order valence-corrected chi connectivity index (χ0v) is 10.8. The molecule has 17 heavy (non-hydrogen) atoms.